The van der Waals surface area contributed by atoms with E-state index in [1.807, 2.05) is 6.07 Å². The van der Waals surface area contributed by atoms with Crippen molar-refractivity contribution in [3.8, 4) is 5.75 Å². The van der Waals surface area contributed by atoms with E-state index in [1.165, 1.54) is 25.3 Å². The van der Waals surface area contributed by atoms with Gasteiger partial charge in [-0.15, -0.1) is 0 Å². The van der Waals surface area contributed by atoms with Gasteiger partial charge in [0, 0.05) is 24.8 Å². The number of nitro groups is 1. The molecule has 2 aromatic carbocycles. The number of hydrogen-bond donors (Lipinski definition) is 1. The highest BCUT2D eigenvalue weighted by Gasteiger charge is 2.14. The van der Waals surface area contributed by atoms with Crippen LogP contribution in [0.25, 0.3) is 0 Å². The van der Waals surface area contributed by atoms with E-state index in [0.717, 1.165) is 5.56 Å². The van der Waals surface area contributed by atoms with E-state index in [2.05, 4.69) is 5.32 Å². The second-order valence-electron chi connectivity index (χ2n) is 4.73. The summed E-state index contributed by atoms with van der Waals surface area (Å²) < 4.78 is 10.2. The molecule has 0 bridgehead atoms. The van der Waals surface area contributed by atoms with Crippen molar-refractivity contribution in [3.05, 3.63) is 63.7 Å². The first kappa shape index (κ1) is 16.4. The Bertz CT molecular complexity index is 730. The fourth-order valence-electron chi connectivity index (χ4n) is 2.07. The fraction of sp³-hybridized carbons (Fsp3) is 0.188. The summed E-state index contributed by atoms with van der Waals surface area (Å²) in [4.78, 5) is 22.7. The maximum Gasteiger partial charge on any atom is 0.271 e. The molecular formula is C16H16N2O5. The number of nitrogens with one attached hydrogen (secondary N) is 1. The minimum absolute atomic E-state index is 0.130. The molecule has 0 unspecified atom stereocenters. The van der Waals surface area contributed by atoms with Crippen LogP contribution >= 0.6 is 0 Å². The lowest BCUT2D eigenvalue weighted by molar-refractivity contribution is -0.384. The Morgan fingerprint density at radius 1 is 1.22 bits per heavy atom. The van der Waals surface area contributed by atoms with Crippen LogP contribution in [0.2, 0.25) is 0 Å². The average Bonchev–Trinajstić information content (AvgIpc) is 2.55. The van der Waals surface area contributed by atoms with Crippen molar-refractivity contribution in [2.24, 2.45) is 0 Å². The third-order valence-corrected chi connectivity index (χ3v) is 3.14. The zero-order valence-corrected chi connectivity index (χ0v) is 12.7. The van der Waals surface area contributed by atoms with Gasteiger partial charge in [0.05, 0.1) is 24.3 Å². The summed E-state index contributed by atoms with van der Waals surface area (Å²) in [6.07, 6.45) is 0. The minimum Gasteiger partial charge on any atom is -0.495 e. The summed E-state index contributed by atoms with van der Waals surface area (Å²) in [5.41, 5.74) is 1.39. The minimum atomic E-state index is -0.533. The van der Waals surface area contributed by atoms with Gasteiger partial charge in [0.1, 0.15) is 5.75 Å². The smallest absolute Gasteiger partial charge is 0.271 e. The van der Waals surface area contributed by atoms with E-state index in [1.54, 1.807) is 25.3 Å². The van der Waals surface area contributed by atoms with Gasteiger partial charge in [-0.1, -0.05) is 12.1 Å². The molecule has 0 aliphatic rings. The largest absolute Gasteiger partial charge is 0.495 e. The molecule has 120 valence electrons. The number of carbonyl (C=O) groups excluding carboxylic acids is 1. The molecule has 2 rings (SSSR count). The SMILES string of the molecule is COCc1cccc(C(=O)Nc2cc([N+](=O)[O-])ccc2OC)c1. The molecule has 0 spiro atoms. The highest BCUT2D eigenvalue weighted by molar-refractivity contribution is 6.05. The maximum atomic E-state index is 12.3. The maximum absolute atomic E-state index is 12.3. The van der Waals surface area contributed by atoms with Crippen molar-refractivity contribution < 1.29 is 19.2 Å². The van der Waals surface area contributed by atoms with Gasteiger partial charge in [-0.2, -0.15) is 0 Å². The summed E-state index contributed by atoms with van der Waals surface area (Å²) in [6.45, 7) is 0.390. The number of nitro benzene ring substituents is 1. The fourth-order valence-corrected chi connectivity index (χ4v) is 2.07. The number of amides is 1. The van der Waals surface area contributed by atoms with Crippen molar-refractivity contribution in [1.29, 1.82) is 0 Å². The van der Waals surface area contributed by atoms with E-state index in [9.17, 15) is 14.9 Å². The summed E-state index contributed by atoms with van der Waals surface area (Å²) in [7, 11) is 3.00. The molecule has 0 aliphatic heterocycles. The van der Waals surface area contributed by atoms with Crippen molar-refractivity contribution in [2.45, 2.75) is 6.61 Å². The number of carbonyl (C=O) groups is 1. The van der Waals surface area contributed by atoms with Crippen LogP contribution < -0.4 is 10.1 Å². The number of non-ortho nitro benzene ring substituents is 1. The zero-order chi connectivity index (χ0) is 16.8. The van der Waals surface area contributed by atoms with Crippen LogP contribution in [0.1, 0.15) is 15.9 Å². The van der Waals surface area contributed by atoms with Crippen LogP contribution in [0, 0.1) is 10.1 Å². The third-order valence-electron chi connectivity index (χ3n) is 3.14. The van der Waals surface area contributed by atoms with Crippen LogP contribution in [-0.4, -0.2) is 25.1 Å². The first-order valence-corrected chi connectivity index (χ1v) is 6.77. The molecular weight excluding hydrogens is 300 g/mol. The number of hydrogen-bond acceptors (Lipinski definition) is 5. The Kier molecular flexibility index (Phi) is 5.27. The Morgan fingerprint density at radius 2 is 2.00 bits per heavy atom. The van der Waals surface area contributed by atoms with Crippen molar-refractivity contribution in [3.63, 3.8) is 0 Å². The molecule has 1 amide bonds. The number of benzene rings is 2. The number of methoxy groups -OCH3 is 2. The van der Waals surface area contributed by atoms with Crippen LogP contribution in [0.5, 0.6) is 5.75 Å². The van der Waals surface area contributed by atoms with Crippen molar-refractivity contribution in [1.82, 2.24) is 0 Å². The Morgan fingerprint density at radius 3 is 2.65 bits per heavy atom. The zero-order valence-electron chi connectivity index (χ0n) is 12.7. The first-order valence-electron chi connectivity index (χ1n) is 6.77. The van der Waals surface area contributed by atoms with E-state index in [4.69, 9.17) is 9.47 Å². The number of rotatable bonds is 6. The molecule has 0 saturated heterocycles. The molecule has 0 saturated carbocycles. The van der Waals surface area contributed by atoms with Gasteiger partial charge in [0.25, 0.3) is 11.6 Å². The molecule has 7 nitrogen and oxygen atoms in total. The van der Waals surface area contributed by atoms with Gasteiger partial charge >= 0.3 is 0 Å². The van der Waals surface area contributed by atoms with E-state index < -0.39 is 4.92 Å². The van der Waals surface area contributed by atoms with Crippen LogP contribution in [0.15, 0.2) is 42.5 Å². The standard InChI is InChI=1S/C16H16N2O5/c1-22-10-11-4-3-5-12(8-11)16(19)17-14-9-13(18(20)21)6-7-15(14)23-2/h3-9H,10H2,1-2H3,(H,17,19). The van der Waals surface area contributed by atoms with Gasteiger partial charge in [-0.3, -0.25) is 14.9 Å². The molecule has 1 N–H and O–H groups in total. The first-order chi connectivity index (χ1) is 11.0. The molecule has 0 radical (unpaired) electrons. The lowest BCUT2D eigenvalue weighted by Crippen LogP contribution is -2.13. The summed E-state index contributed by atoms with van der Waals surface area (Å²) >= 11 is 0. The summed E-state index contributed by atoms with van der Waals surface area (Å²) in [6, 6.07) is 10.9. The highest BCUT2D eigenvalue weighted by Crippen LogP contribution is 2.29. The molecule has 0 atom stereocenters. The molecule has 2 aromatic rings. The Hall–Kier alpha value is -2.93. The predicted molar refractivity (Wildman–Crippen MR) is 84.8 cm³/mol. The van der Waals surface area contributed by atoms with Gasteiger partial charge in [-0.05, 0) is 23.8 Å². The van der Waals surface area contributed by atoms with Crippen molar-refractivity contribution >= 4 is 17.3 Å². The van der Waals surface area contributed by atoms with Gasteiger partial charge in [0.15, 0.2) is 0 Å². The topological polar surface area (TPSA) is 90.7 Å². The average molecular weight is 316 g/mol. The van der Waals surface area contributed by atoms with Crippen LogP contribution in [-0.2, 0) is 11.3 Å². The number of nitrogens with zero attached hydrogens (tertiary/aromatic N) is 1. The van der Waals surface area contributed by atoms with E-state index in [0.29, 0.717) is 17.9 Å². The lowest BCUT2D eigenvalue weighted by Gasteiger charge is -2.10. The monoisotopic (exact) mass is 316 g/mol. The highest BCUT2D eigenvalue weighted by atomic mass is 16.6. The van der Waals surface area contributed by atoms with Gasteiger partial charge in [0.2, 0.25) is 0 Å². The Balaban J connectivity index is 2.27. The van der Waals surface area contributed by atoms with Crippen molar-refractivity contribution in [2.75, 3.05) is 19.5 Å². The summed E-state index contributed by atoms with van der Waals surface area (Å²) in [5.74, 6) is -0.0428. The van der Waals surface area contributed by atoms with Crippen LogP contribution in [0.3, 0.4) is 0 Å². The molecule has 7 heteroatoms. The molecule has 0 aliphatic carbocycles. The Labute approximate surface area is 133 Å². The van der Waals surface area contributed by atoms with E-state index in [-0.39, 0.29) is 17.3 Å². The van der Waals surface area contributed by atoms with Gasteiger partial charge in [-0.25, -0.2) is 0 Å². The number of anilines is 1. The molecule has 23 heavy (non-hydrogen) atoms. The second-order valence-corrected chi connectivity index (χ2v) is 4.73. The second kappa shape index (κ2) is 7.37. The quantitative estimate of drug-likeness (QED) is 0.653. The summed E-state index contributed by atoms with van der Waals surface area (Å²) in [5, 5.41) is 13.5. The van der Waals surface area contributed by atoms with Gasteiger partial charge < -0.3 is 14.8 Å². The third kappa shape index (κ3) is 4.04. The molecule has 0 aromatic heterocycles. The lowest BCUT2D eigenvalue weighted by atomic mass is 10.1. The predicted octanol–water partition coefficient (Wildman–Crippen LogP) is 3.00. The molecule has 0 heterocycles. The van der Waals surface area contributed by atoms with E-state index >= 15 is 0 Å². The number of ether oxygens (including phenoxy) is 2. The normalized spacial score (nSPS) is 10.2. The molecule has 0 fully saturated rings. The van der Waals surface area contributed by atoms with Crippen LogP contribution in [0.4, 0.5) is 11.4 Å².